The van der Waals surface area contributed by atoms with Gasteiger partial charge in [-0.2, -0.15) is 0 Å². The van der Waals surface area contributed by atoms with Crippen LogP contribution in [0.1, 0.15) is 18.5 Å². The molecular formula is C16H18N2O5S. The molecule has 0 bridgehead atoms. The summed E-state index contributed by atoms with van der Waals surface area (Å²) in [4.78, 5) is 23.5. The second kappa shape index (κ2) is 7.78. The third kappa shape index (κ3) is 3.83. The first kappa shape index (κ1) is 17.7. The predicted octanol–water partition coefficient (Wildman–Crippen LogP) is 1.20. The quantitative estimate of drug-likeness (QED) is 0.605. The van der Waals surface area contributed by atoms with Crippen molar-refractivity contribution < 1.29 is 23.8 Å². The van der Waals surface area contributed by atoms with Gasteiger partial charge >= 0.3 is 11.9 Å². The zero-order valence-corrected chi connectivity index (χ0v) is 14.4. The van der Waals surface area contributed by atoms with Crippen molar-refractivity contribution in [3.8, 4) is 5.75 Å². The average molecular weight is 350 g/mol. The highest BCUT2D eigenvalue weighted by molar-refractivity contribution is 7.80. The highest BCUT2D eigenvalue weighted by Gasteiger charge is 2.32. The third-order valence-electron chi connectivity index (χ3n) is 3.48. The van der Waals surface area contributed by atoms with Crippen molar-refractivity contribution in [3.63, 3.8) is 0 Å². The number of hydrogen-bond acceptors (Lipinski definition) is 6. The number of carbonyl (C=O) groups is 2. The molecule has 0 aliphatic carbocycles. The normalized spacial score (nSPS) is 16.8. The van der Waals surface area contributed by atoms with Gasteiger partial charge in [-0.05, 0) is 25.2 Å². The monoisotopic (exact) mass is 350 g/mol. The Balaban J connectivity index is 2.41. The average Bonchev–Trinajstić information content (AvgIpc) is 2.58. The summed E-state index contributed by atoms with van der Waals surface area (Å²) in [6.45, 7) is 1.50. The molecule has 128 valence electrons. The van der Waals surface area contributed by atoms with E-state index in [0.717, 1.165) is 0 Å². The maximum atomic E-state index is 12.2. The first-order chi connectivity index (χ1) is 11.5. The molecule has 0 amide bonds. The molecule has 0 fully saturated rings. The molecule has 1 aromatic carbocycles. The number of esters is 2. The van der Waals surface area contributed by atoms with Crippen molar-refractivity contribution in [2.75, 3.05) is 20.8 Å². The van der Waals surface area contributed by atoms with Gasteiger partial charge < -0.3 is 24.8 Å². The Hall–Kier alpha value is -2.61. The summed E-state index contributed by atoms with van der Waals surface area (Å²) in [6.07, 6.45) is 0. The molecule has 2 N–H and O–H groups in total. The second-order valence-corrected chi connectivity index (χ2v) is 5.37. The minimum atomic E-state index is -0.556. The lowest BCUT2D eigenvalue weighted by Gasteiger charge is -2.30. The van der Waals surface area contributed by atoms with Crippen molar-refractivity contribution >= 4 is 29.3 Å². The molecule has 1 atom stereocenters. The molecule has 24 heavy (non-hydrogen) atoms. The Morgan fingerprint density at radius 2 is 1.92 bits per heavy atom. The van der Waals surface area contributed by atoms with Crippen molar-refractivity contribution in [1.29, 1.82) is 0 Å². The van der Waals surface area contributed by atoms with Gasteiger partial charge in [0.1, 0.15) is 5.75 Å². The number of carbonyl (C=O) groups excluding carboxylic acids is 2. The van der Waals surface area contributed by atoms with E-state index in [4.69, 9.17) is 21.7 Å². The number of hydrogen-bond donors (Lipinski definition) is 2. The van der Waals surface area contributed by atoms with Crippen molar-refractivity contribution in [3.05, 3.63) is 41.1 Å². The Morgan fingerprint density at radius 1 is 1.21 bits per heavy atom. The van der Waals surface area contributed by atoms with Gasteiger partial charge in [0.15, 0.2) is 11.7 Å². The van der Waals surface area contributed by atoms with Crippen LogP contribution in [0.2, 0.25) is 0 Å². The van der Waals surface area contributed by atoms with E-state index >= 15 is 0 Å². The van der Waals surface area contributed by atoms with Crippen molar-refractivity contribution in [2.24, 2.45) is 0 Å². The van der Waals surface area contributed by atoms with Crippen LogP contribution in [0.3, 0.4) is 0 Å². The predicted molar refractivity (Wildman–Crippen MR) is 90.3 cm³/mol. The number of para-hydroxylation sites is 1. The molecule has 8 heteroatoms. The van der Waals surface area contributed by atoms with Crippen molar-refractivity contribution in [2.45, 2.75) is 13.0 Å². The fourth-order valence-electron chi connectivity index (χ4n) is 2.35. The minimum absolute atomic E-state index is 0.237. The summed E-state index contributed by atoms with van der Waals surface area (Å²) in [5.74, 6) is -0.541. The maximum absolute atomic E-state index is 12.2. The van der Waals surface area contributed by atoms with Crippen LogP contribution in [0.4, 0.5) is 0 Å². The lowest BCUT2D eigenvalue weighted by Crippen LogP contribution is -2.45. The summed E-state index contributed by atoms with van der Waals surface area (Å²) < 4.78 is 15.0. The maximum Gasteiger partial charge on any atom is 0.343 e. The van der Waals surface area contributed by atoms with E-state index in [2.05, 4.69) is 15.4 Å². The number of rotatable bonds is 5. The molecular weight excluding hydrogens is 332 g/mol. The Labute approximate surface area is 145 Å². The summed E-state index contributed by atoms with van der Waals surface area (Å²) in [6, 6.07) is 6.50. The van der Waals surface area contributed by atoms with Gasteiger partial charge in [-0.3, -0.25) is 0 Å². The molecule has 1 aromatic rings. The van der Waals surface area contributed by atoms with Crippen LogP contribution < -0.4 is 15.4 Å². The van der Waals surface area contributed by atoms with Crippen LogP contribution in [0.15, 0.2) is 35.5 Å². The zero-order chi connectivity index (χ0) is 17.7. The number of benzene rings is 1. The zero-order valence-electron chi connectivity index (χ0n) is 13.5. The number of allylic oxidation sites excluding steroid dienone is 1. The molecule has 1 aliphatic rings. The highest BCUT2D eigenvalue weighted by Crippen LogP contribution is 2.33. The molecule has 7 nitrogen and oxygen atoms in total. The summed E-state index contributed by atoms with van der Waals surface area (Å²) in [5.41, 5.74) is 1.64. The van der Waals surface area contributed by atoms with E-state index < -0.39 is 18.0 Å². The van der Waals surface area contributed by atoms with Gasteiger partial charge in [-0.1, -0.05) is 18.2 Å². The highest BCUT2D eigenvalue weighted by atomic mass is 32.1. The van der Waals surface area contributed by atoms with Crippen LogP contribution >= 0.6 is 12.2 Å². The van der Waals surface area contributed by atoms with E-state index in [0.29, 0.717) is 27.7 Å². The lowest BCUT2D eigenvalue weighted by molar-refractivity contribution is -0.143. The van der Waals surface area contributed by atoms with Crippen LogP contribution in [-0.4, -0.2) is 37.9 Å². The standard InChI is InChI=1S/C16H18N2O5S/c1-9-13(15(20)22-3)14(18-16(24)17-9)10-6-4-5-7-11(10)23-8-12(19)21-2/h4-7,14H,8H2,1-3H3,(H2,17,18,24)/t14-/m1/s1. The van der Waals surface area contributed by atoms with Gasteiger partial charge in [0, 0.05) is 11.3 Å². The van der Waals surface area contributed by atoms with Gasteiger partial charge in [-0.15, -0.1) is 0 Å². The number of ether oxygens (including phenoxy) is 3. The minimum Gasteiger partial charge on any atom is -0.482 e. The van der Waals surface area contributed by atoms with E-state index in [1.807, 2.05) is 0 Å². The Bertz CT molecular complexity index is 701. The molecule has 1 heterocycles. The smallest absolute Gasteiger partial charge is 0.343 e. The molecule has 0 saturated heterocycles. The van der Waals surface area contributed by atoms with Gasteiger partial charge in [0.05, 0.1) is 25.8 Å². The lowest BCUT2D eigenvalue weighted by atomic mass is 9.95. The SMILES string of the molecule is COC(=O)COc1ccccc1[C@H]1NC(=S)NC(C)=C1C(=O)OC. The van der Waals surface area contributed by atoms with E-state index in [1.54, 1.807) is 31.2 Å². The first-order valence-corrected chi connectivity index (χ1v) is 7.54. The fraction of sp³-hybridized carbons (Fsp3) is 0.312. The summed E-state index contributed by atoms with van der Waals surface area (Å²) in [5, 5.41) is 6.33. The van der Waals surface area contributed by atoms with Crippen molar-refractivity contribution in [1.82, 2.24) is 10.6 Å². The van der Waals surface area contributed by atoms with Crippen LogP contribution in [0.5, 0.6) is 5.75 Å². The molecule has 0 unspecified atom stereocenters. The largest absolute Gasteiger partial charge is 0.482 e. The number of methoxy groups -OCH3 is 2. The molecule has 0 saturated carbocycles. The number of nitrogens with one attached hydrogen (secondary N) is 2. The van der Waals surface area contributed by atoms with Gasteiger partial charge in [0.2, 0.25) is 0 Å². The molecule has 0 radical (unpaired) electrons. The topological polar surface area (TPSA) is 85.9 Å². The van der Waals surface area contributed by atoms with Gasteiger partial charge in [0.25, 0.3) is 0 Å². The summed E-state index contributed by atoms with van der Waals surface area (Å²) >= 11 is 5.18. The van der Waals surface area contributed by atoms with Crippen LogP contribution in [0.25, 0.3) is 0 Å². The Kier molecular flexibility index (Phi) is 5.75. The van der Waals surface area contributed by atoms with E-state index in [9.17, 15) is 9.59 Å². The second-order valence-electron chi connectivity index (χ2n) is 4.96. The van der Waals surface area contributed by atoms with Crippen LogP contribution in [0, 0.1) is 0 Å². The molecule has 1 aliphatic heterocycles. The third-order valence-corrected chi connectivity index (χ3v) is 3.70. The molecule has 0 spiro atoms. The summed E-state index contributed by atoms with van der Waals surface area (Å²) in [7, 11) is 2.60. The van der Waals surface area contributed by atoms with Gasteiger partial charge in [-0.25, -0.2) is 9.59 Å². The van der Waals surface area contributed by atoms with E-state index in [1.165, 1.54) is 14.2 Å². The first-order valence-electron chi connectivity index (χ1n) is 7.13. The Morgan fingerprint density at radius 3 is 2.58 bits per heavy atom. The van der Waals surface area contributed by atoms with E-state index in [-0.39, 0.29) is 6.61 Å². The number of thiocarbonyl (C=S) groups is 1. The fourth-order valence-corrected chi connectivity index (χ4v) is 2.62. The van der Waals surface area contributed by atoms with Crippen LogP contribution in [-0.2, 0) is 19.1 Å². The molecule has 2 rings (SSSR count). The molecule has 0 aromatic heterocycles.